The monoisotopic (exact) mass is 229 g/mol. The van der Waals surface area contributed by atoms with Crippen LogP contribution in [0.25, 0.3) is 10.9 Å². The maximum atomic E-state index is 11.7. The maximum Gasteiger partial charge on any atom is 0.356 e. The van der Waals surface area contributed by atoms with Crippen molar-refractivity contribution in [2.24, 2.45) is 5.92 Å². The van der Waals surface area contributed by atoms with Crippen LogP contribution in [0.3, 0.4) is 0 Å². The van der Waals surface area contributed by atoms with Gasteiger partial charge in [0, 0.05) is 5.39 Å². The quantitative estimate of drug-likeness (QED) is 0.759. The molecule has 1 aromatic heterocycles. The molecule has 0 saturated carbocycles. The molecule has 0 aliphatic carbocycles. The number of ether oxygens (including phenoxy) is 1. The topological polar surface area (TPSA) is 39.2 Å². The molecule has 0 N–H and O–H groups in total. The first kappa shape index (κ1) is 11.6. The normalized spacial score (nSPS) is 10.8. The molecule has 0 saturated heterocycles. The highest BCUT2D eigenvalue weighted by atomic mass is 16.5. The molecule has 2 rings (SSSR count). The second-order valence-electron chi connectivity index (χ2n) is 4.38. The Labute approximate surface area is 100 Å². The van der Waals surface area contributed by atoms with Gasteiger partial charge in [-0.3, -0.25) is 0 Å². The molecule has 0 bridgehead atoms. The molecule has 0 amide bonds. The minimum Gasteiger partial charge on any atom is -0.461 e. The molecule has 0 unspecified atom stereocenters. The van der Waals surface area contributed by atoms with Crippen LogP contribution < -0.4 is 0 Å². The molecule has 3 heteroatoms. The zero-order chi connectivity index (χ0) is 12.3. The van der Waals surface area contributed by atoms with Gasteiger partial charge in [0.1, 0.15) is 5.69 Å². The minimum atomic E-state index is -0.357. The lowest BCUT2D eigenvalue weighted by Crippen LogP contribution is -2.11. The van der Waals surface area contributed by atoms with Gasteiger partial charge in [-0.1, -0.05) is 38.1 Å². The Morgan fingerprint density at radius 3 is 2.76 bits per heavy atom. The van der Waals surface area contributed by atoms with Gasteiger partial charge in [-0.15, -0.1) is 0 Å². The van der Waals surface area contributed by atoms with Crippen LogP contribution in [-0.2, 0) is 4.74 Å². The molecule has 0 radical (unpaired) electrons. The molecule has 0 fully saturated rings. The van der Waals surface area contributed by atoms with Gasteiger partial charge in [0.05, 0.1) is 12.1 Å². The van der Waals surface area contributed by atoms with E-state index in [-0.39, 0.29) is 5.97 Å². The van der Waals surface area contributed by atoms with Crippen LogP contribution in [0.1, 0.15) is 24.3 Å². The third-order valence-electron chi connectivity index (χ3n) is 2.36. The summed E-state index contributed by atoms with van der Waals surface area (Å²) < 4.78 is 5.14. The number of nitrogens with zero attached hydrogens (tertiary/aromatic N) is 1. The van der Waals surface area contributed by atoms with Crippen LogP contribution in [0.5, 0.6) is 0 Å². The SMILES string of the molecule is CC(C)COC(=O)c1ccc2ccccc2n1. The summed E-state index contributed by atoms with van der Waals surface area (Å²) in [5.41, 5.74) is 1.18. The molecule has 3 nitrogen and oxygen atoms in total. The van der Waals surface area contributed by atoms with Crippen LogP contribution in [0.15, 0.2) is 36.4 Å². The maximum absolute atomic E-state index is 11.7. The molecule has 1 aromatic carbocycles. The Bertz CT molecular complexity index is 534. The number of fused-ring (bicyclic) bond motifs is 1. The Morgan fingerprint density at radius 1 is 1.24 bits per heavy atom. The Hall–Kier alpha value is -1.90. The highest BCUT2D eigenvalue weighted by molar-refractivity contribution is 5.90. The first-order chi connectivity index (χ1) is 8.16. The van der Waals surface area contributed by atoms with E-state index < -0.39 is 0 Å². The van der Waals surface area contributed by atoms with Crippen LogP contribution in [-0.4, -0.2) is 17.6 Å². The second kappa shape index (κ2) is 4.95. The van der Waals surface area contributed by atoms with Gasteiger partial charge in [-0.05, 0) is 18.1 Å². The van der Waals surface area contributed by atoms with Crippen molar-refractivity contribution < 1.29 is 9.53 Å². The standard InChI is InChI=1S/C14H15NO2/c1-10(2)9-17-14(16)13-8-7-11-5-3-4-6-12(11)15-13/h3-8,10H,9H2,1-2H3. The molecule has 17 heavy (non-hydrogen) atoms. The largest absolute Gasteiger partial charge is 0.461 e. The van der Waals surface area contributed by atoms with Crippen molar-refractivity contribution in [3.63, 3.8) is 0 Å². The zero-order valence-electron chi connectivity index (χ0n) is 10.0. The fourth-order valence-electron chi connectivity index (χ4n) is 1.50. The van der Waals surface area contributed by atoms with Gasteiger partial charge in [0.15, 0.2) is 0 Å². The van der Waals surface area contributed by atoms with Gasteiger partial charge >= 0.3 is 5.97 Å². The third kappa shape index (κ3) is 2.81. The Kier molecular flexibility index (Phi) is 3.38. The highest BCUT2D eigenvalue weighted by Crippen LogP contribution is 2.12. The lowest BCUT2D eigenvalue weighted by molar-refractivity contribution is 0.0452. The molecule has 0 spiro atoms. The summed E-state index contributed by atoms with van der Waals surface area (Å²) in [6.07, 6.45) is 0. The summed E-state index contributed by atoms with van der Waals surface area (Å²) in [7, 11) is 0. The van der Waals surface area contributed by atoms with Crippen LogP contribution in [0, 0.1) is 5.92 Å². The minimum absolute atomic E-state index is 0.333. The van der Waals surface area contributed by atoms with Crippen molar-refractivity contribution in [3.8, 4) is 0 Å². The highest BCUT2D eigenvalue weighted by Gasteiger charge is 2.10. The number of aromatic nitrogens is 1. The number of hydrogen-bond acceptors (Lipinski definition) is 3. The van der Waals surface area contributed by atoms with Crippen LogP contribution in [0.2, 0.25) is 0 Å². The first-order valence-electron chi connectivity index (χ1n) is 5.70. The van der Waals surface area contributed by atoms with Crippen molar-refractivity contribution in [2.45, 2.75) is 13.8 Å². The number of carbonyl (C=O) groups excluding carboxylic acids is 1. The average Bonchev–Trinajstić information content (AvgIpc) is 2.35. The fourth-order valence-corrected chi connectivity index (χ4v) is 1.50. The molecule has 88 valence electrons. The molecule has 1 heterocycles. The molecular weight excluding hydrogens is 214 g/mol. The van der Waals surface area contributed by atoms with E-state index in [2.05, 4.69) is 4.98 Å². The van der Waals surface area contributed by atoms with Gasteiger partial charge in [-0.25, -0.2) is 9.78 Å². The predicted octanol–water partition coefficient (Wildman–Crippen LogP) is 3.05. The zero-order valence-corrected chi connectivity index (χ0v) is 10.0. The second-order valence-corrected chi connectivity index (χ2v) is 4.38. The number of pyridine rings is 1. The lowest BCUT2D eigenvalue weighted by atomic mass is 10.2. The molecule has 2 aromatic rings. The predicted molar refractivity (Wildman–Crippen MR) is 66.9 cm³/mol. The fraction of sp³-hybridized carbons (Fsp3) is 0.286. The number of carbonyl (C=O) groups is 1. The van der Waals surface area contributed by atoms with E-state index in [1.54, 1.807) is 6.07 Å². The van der Waals surface area contributed by atoms with Crippen molar-refractivity contribution in [1.29, 1.82) is 0 Å². The van der Waals surface area contributed by atoms with E-state index in [0.29, 0.717) is 18.2 Å². The van der Waals surface area contributed by atoms with Crippen molar-refractivity contribution in [1.82, 2.24) is 4.98 Å². The number of hydrogen-bond donors (Lipinski definition) is 0. The number of benzene rings is 1. The Balaban J connectivity index is 2.21. The van der Waals surface area contributed by atoms with E-state index in [1.807, 2.05) is 44.2 Å². The summed E-state index contributed by atoms with van der Waals surface area (Å²) in [6.45, 7) is 4.43. The summed E-state index contributed by atoms with van der Waals surface area (Å²) >= 11 is 0. The van der Waals surface area contributed by atoms with Crippen molar-refractivity contribution in [2.75, 3.05) is 6.61 Å². The molecular formula is C14H15NO2. The van der Waals surface area contributed by atoms with E-state index in [9.17, 15) is 4.79 Å². The number of para-hydroxylation sites is 1. The molecule has 0 atom stereocenters. The summed E-state index contributed by atoms with van der Waals surface area (Å²) in [5, 5.41) is 1.02. The van der Waals surface area contributed by atoms with E-state index in [0.717, 1.165) is 10.9 Å². The van der Waals surface area contributed by atoms with Crippen molar-refractivity contribution in [3.05, 3.63) is 42.1 Å². The van der Waals surface area contributed by atoms with E-state index >= 15 is 0 Å². The van der Waals surface area contributed by atoms with E-state index in [4.69, 9.17) is 4.74 Å². The van der Waals surface area contributed by atoms with Gasteiger partial charge in [-0.2, -0.15) is 0 Å². The lowest BCUT2D eigenvalue weighted by Gasteiger charge is -2.07. The Morgan fingerprint density at radius 2 is 2.00 bits per heavy atom. The van der Waals surface area contributed by atoms with Crippen molar-refractivity contribution >= 4 is 16.9 Å². The van der Waals surface area contributed by atoms with E-state index in [1.165, 1.54) is 0 Å². The first-order valence-corrected chi connectivity index (χ1v) is 5.70. The summed E-state index contributed by atoms with van der Waals surface area (Å²) in [6, 6.07) is 11.3. The van der Waals surface area contributed by atoms with Crippen LogP contribution in [0.4, 0.5) is 0 Å². The summed E-state index contributed by atoms with van der Waals surface area (Å²) in [5.74, 6) is -0.0242. The smallest absolute Gasteiger partial charge is 0.356 e. The van der Waals surface area contributed by atoms with Gasteiger partial charge < -0.3 is 4.74 Å². The van der Waals surface area contributed by atoms with Gasteiger partial charge in [0.25, 0.3) is 0 Å². The third-order valence-corrected chi connectivity index (χ3v) is 2.36. The van der Waals surface area contributed by atoms with Gasteiger partial charge in [0.2, 0.25) is 0 Å². The summed E-state index contributed by atoms with van der Waals surface area (Å²) in [4.78, 5) is 16.0. The molecule has 0 aliphatic rings. The average molecular weight is 229 g/mol. The molecule has 0 aliphatic heterocycles. The number of rotatable bonds is 3. The number of esters is 1. The van der Waals surface area contributed by atoms with Crippen LogP contribution >= 0.6 is 0 Å².